The molecule has 1 aromatic heterocycles. The maximum atomic E-state index is 12.3. The Morgan fingerprint density at radius 1 is 1.24 bits per heavy atom. The number of pyridine rings is 1. The van der Waals surface area contributed by atoms with Crippen molar-refractivity contribution in [2.75, 3.05) is 30.0 Å². The van der Waals surface area contributed by atoms with Gasteiger partial charge < -0.3 is 16.0 Å². The first kappa shape index (κ1) is 18.5. The molecule has 0 fully saturated rings. The monoisotopic (exact) mass is 338 g/mol. The first-order valence-electron chi connectivity index (χ1n) is 8.48. The van der Waals surface area contributed by atoms with Crippen molar-refractivity contribution in [2.24, 2.45) is 0 Å². The number of benzene rings is 1. The normalized spacial score (nSPS) is 10.9. The van der Waals surface area contributed by atoms with E-state index in [1.165, 1.54) is 17.2 Å². The van der Waals surface area contributed by atoms with Crippen LogP contribution in [0.25, 0.3) is 6.08 Å². The molecule has 25 heavy (non-hydrogen) atoms. The van der Waals surface area contributed by atoms with Crippen molar-refractivity contribution >= 4 is 29.2 Å². The highest BCUT2D eigenvalue weighted by Crippen LogP contribution is 2.25. The zero-order valence-electron chi connectivity index (χ0n) is 15.3. The molecule has 0 unspecified atom stereocenters. The average Bonchev–Trinajstić information content (AvgIpc) is 2.61. The molecular formula is C20H26N4O. The van der Waals surface area contributed by atoms with Gasteiger partial charge in [0.15, 0.2) is 0 Å². The first-order chi connectivity index (χ1) is 12.0. The Balaban J connectivity index is 2.18. The predicted octanol–water partition coefficient (Wildman–Crippen LogP) is 3.51. The summed E-state index contributed by atoms with van der Waals surface area (Å²) in [5.74, 6) is 0.596. The molecular weight excluding hydrogens is 312 g/mol. The zero-order valence-corrected chi connectivity index (χ0v) is 15.3. The van der Waals surface area contributed by atoms with E-state index in [-0.39, 0.29) is 5.91 Å². The number of nitrogens with one attached hydrogen (secondary N) is 1. The average molecular weight is 338 g/mol. The van der Waals surface area contributed by atoms with Crippen LogP contribution in [-0.4, -0.2) is 25.0 Å². The van der Waals surface area contributed by atoms with Crippen molar-refractivity contribution in [1.82, 2.24) is 4.98 Å². The third-order valence-corrected chi connectivity index (χ3v) is 4.05. The van der Waals surface area contributed by atoms with Gasteiger partial charge in [0, 0.05) is 31.9 Å². The van der Waals surface area contributed by atoms with Crippen molar-refractivity contribution in [3.8, 4) is 0 Å². The van der Waals surface area contributed by atoms with Gasteiger partial charge in [-0.05, 0) is 54.3 Å². The summed E-state index contributed by atoms with van der Waals surface area (Å²) in [7, 11) is 3.84. The number of carbonyl (C=O) groups excluding carboxylic acids is 1. The minimum absolute atomic E-state index is 0.216. The van der Waals surface area contributed by atoms with Crippen molar-refractivity contribution in [1.29, 1.82) is 0 Å². The van der Waals surface area contributed by atoms with Crippen molar-refractivity contribution < 1.29 is 4.79 Å². The third-order valence-electron chi connectivity index (χ3n) is 4.05. The summed E-state index contributed by atoms with van der Waals surface area (Å²) in [4.78, 5) is 18.5. The molecule has 0 spiro atoms. The van der Waals surface area contributed by atoms with Crippen LogP contribution in [-0.2, 0) is 17.6 Å². The molecule has 5 heteroatoms. The van der Waals surface area contributed by atoms with Gasteiger partial charge >= 0.3 is 0 Å². The number of rotatable bonds is 6. The van der Waals surface area contributed by atoms with E-state index in [9.17, 15) is 4.79 Å². The standard InChI is InChI=1S/C20H26N4O/c1-5-14-12-17(21)18(13-15(14)6-2)23-19(25)10-9-16-8-7-11-22-20(16)24(3)4/h7-13H,5-6,21H2,1-4H3,(H,23,25)/b10-9+. The number of nitrogens with zero attached hydrogens (tertiary/aromatic N) is 2. The second-order valence-electron chi connectivity index (χ2n) is 6.05. The lowest BCUT2D eigenvalue weighted by atomic mass is 10.0. The van der Waals surface area contributed by atoms with Crippen LogP contribution in [0.3, 0.4) is 0 Å². The van der Waals surface area contributed by atoms with E-state index >= 15 is 0 Å². The fourth-order valence-electron chi connectivity index (χ4n) is 2.73. The molecule has 0 radical (unpaired) electrons. The Morgan fingerprint density at radius 3 is 2.56 bits per heavy atom. The summed E-state index contributed by atoms with van der Waals surface area (Å²) in [6.07, 6.45) is 6.83. The number of amides is 1. The van der Waals surface area contributed by atoms with Crippen LogP contribution in [0.4, 0.5) is 17.2 Å². The van der Waals surface area contributed by atoms with Gasteiger partial charge in [-0.15, -0.1) is 0 Å². The van der Waals surface area contributed by atoms with Crippen LogP contribution in [0.2, 0.25) is 0 Å². The van der Waals surface area contributed by atoms with Crippen LogP contribution in [0.5, 0.6) is 0 Å². The molecule has 0 bridgehead atoms. The number of aryl methyl sites for hydroxylation is 2. The highest BCUT2D eigenvalue weighted by molar-refractivity contribution is 6.04. The molecule has 0 atom stereocenters. The largest absolute Gasteiger partial charge is 0.397 e. The van der Waals surface area contributed by atoms with Gasteiger partial charge in [0.1, 0.15) is 5.82 Å². The van der Waals surface area contributed by atoms with Gasteiger partial charge in [-0.1, -0.05) is 13.8 Å². The molecule has 3 N–H and O–H groups in total. The summed E-state index contributed by atoms with van der Waals surface area (Å²) in [5, 5.41) is 2.87. The maximum Gasteiger partial charge on any atom is 0.248 e. The molecule has 2 aromatic rings. The predicted molar refractivity (Wildman–Crippen MR) is 106 cm³/mol. The van der Waals surface area contributed by atoms with Crippen LogP contribution in [0.15, 0.2) is 36.5 Å². The third kappa shape index (κ3) is 4.59. The van der Waals surface area contributed by atoms with E-state index in [1.54, 1.807) is 12.3 Å². The first-order valence-corrected chi connectivity index (χ1v) is 8.48. The molecule has 0 saturated heterocycles. The van der Waals surface area contributed by atoms with Crippen LogP contribution >= 0.6 is 0 Å². The summed E-state index contributed by atoms with van der Waals surface area (Å²) in [6, 6.07) is 7.68. The number of anilines is 3. The van der Waals surface area contributed by atoms with Gasteiger partial charge in [-0.3, -0.25) is 4.79 Å². The van der Waals surface area contributed by atoms with E-state index in [4.69, 9.17) is 5.73 Å². The fraction of sp³-hybridized carbons (Fsp3) is 0.300. The molecule has 2 rings (SSSR count). The number of carbonyl (C=O) groups is 1. The summed E-state index contributed by atoms with van der Waals surface area (Å²) < 4.78 is 0. The maximum absolute atomic E-state index is 12.3. The lowest BCUT2D eigenvalue weighted by molar-refractivity contribution is -0.111. The Hall–Kier alpha value is -2.82. The minimum Gasteiger partial charge on any atom is -0.397 e. The SMILES string of the molecule is CCc1cc(N)c(NC(=O)/C=C/c2cccnc2N(C)C)cc1CC. The lowest BCUT2D eigenvalue weighted by Crippen LogP contribution is -2.13. The molecule has 0 aliphatic rings. The van der Waals surface area contributed by atoms with Gasteiger partial charge in [0.05, 0.1) is 11.4 Å². The van der Waals surface area contributed by atoms with Crippen LogP contribution in [0.1, 0.15) is 30.5 Å². The van der Waals surface area contributed by atoms with Gasteiger partial charge in [0.2, 0.25) is 5.91 Å². The Labute approximate surface area is 149 Å². The lowest BCUT2D eigenvalue weighted by Gasteiger charge is -2.14. The van der Waals surface area contributed by atoms with E-state index in [0.29, 0.717) is 11.4 Å². The van der Waals surface area contributed by atoms with E-state index in [0.717, 1.165) is 24.2 Å². The molecule has 0 aliphatic carbocycles. The quantitative estimate of drug-likeness (QED) is 0.624. The summed E-state index contributed by atoms with van der Waals surface area (Å²) in [5.41, 5.74) is 10.6. The molecule has 1 aromatic carbocycles. The van der Waals surface area contributed by atoms with Crippen LogP contribution in [0, 0.1) is 0 Å². The Morgan fingerprint density at radius 2 is 1.92 bits per heavy atom. The summed E-state index contributed by atoms with van der Waals surface area (Å²) in [6.45, 7) is 4.20. The van der Waals surface area contributed by atoms with Gasteiger partial charge in [-0.2, -0.15) is 0 Å². The molecule has 0 aliphatic heterocycles. The zero-order chi connectivity index (χ0) is 18.4. The van der Waals surface area contributed by atoms with Crippen molar-refractivity contribution in [3.63, 3.8) is 0 Å². The fourth-order valence-corrected chi connectivity index (χ4v) is 2.73. The van der Waals surface area contributed by atoms with Gasteiger partial charge in [0.25, 0.3) is 0 Å². The molecule has 1 heterocycles. The Bertz CT molecular complexity index is 781. The number of nitrogen functional groups attached to an aromatic ring is 1. The number of aromatic nitrogens is 1. The Kier molecular flexibility index (Phi) is 6.17. The number of hydrogen-bond donors (Lipinski definition) is 2. The second kappa shape index (κ2) is 8.33. The highest BCUT2D eigenvalue weighted by atomic mass is 16.1. The minimum atomic E-state index is -0.216. The molecule has 0 saturated carbocycles. The molecule has 1 amide bonds. The van der Waals surface area contributed by atoms with Gasteiger partial charge in [-0.25, -0.2) is 4.98 Å². The molecule has 5 nitrogen and oxygen atoms in total. The van der Waals surface area contributed by atoms with Crippen molar-refractivity contribution in [3.05, 3.63) is 53.2 Å². The van der Waals surface area contributed by atoms with E-state index in [1.807, 2.05) is 43.3 Å². The van der Waals surface area contributed by atoms with Crippen LogP contribution < -0.4 is 16.0 Å². The second-order valence-corrected chi connectivity index (χ2v) is 6.05. The van der Waals surface area contributed by atoms with E-state index in [2.05, 4.69) is 24.1 Å². The van der Waals surface area contributed by atoms with E-state index < -0.39 is 0 Å². The number of nitrogens with two attached hydrogens (primary N) is 1. The smallest absolute Gasteiger partial charge is 0.248 e. The molecule has 132 valence electrons. The number of hydrogen-bond acceptors (Lipinski definition) is 4. The topological polar surface area (TPSA) is 71.2 Å². The van der Waals surface area contributed by atoms with Crippen molar-refractivity contribution in [2.45, 2.75) is 26.7 Å². The highest BCUT2D eigenvalue weighted by Gasteiger charge is 2.08. The summed E-state index contributed by atoms with van der Waals surface area (Å²) >= 11 is 0.